The summed E-state index contributed by atoms with van der Waals surface area (Å²) in [4.78, 5) is 15.7. The van der Waals surface area contributed by atoms with Crippen LogP contribution in [0.3, 0.4) is 0 Å². The molecule has 0 radical (unpaired) electrons. The molecule has 0 aliphatic carbocycles. The van der Waals surface area contributed by atoms with Gasteiger partial charge in [0.15, 0.2) is 5.96 Å². The molecule has 0 bridgehead atoms. The van der Waals surface area contributed by atoms with Crippen molar-refractivity contribution in [3.63, 3.8) is 0 Å². The van der Waals surface area contributed by atoms with Crippen LogP contribution in [0.4, 0.5) is 0 Å². The molecular weight excluding hydrogens is 306 g/mol. The van der Waals surface area contributed by atoms with Gasteiger partial charge in [0.1, 0.15) is 5.75 Å². The molecule has 0 aliphatic heterocycles. The van der Waals surface area contributed by atoms with Gasteiger partial charge in [0.25, 0.3) is 0 Å². The molecule has 0 aromatic heterocycles. The lowest BCUT2D eigenvalue weighted by Crippen LogP contribution is -2.37. The van der Waals surface area contributed by atoms with Gasteiger partial charge in [0, 0.05) is 25.1 Å². The van der Waals surface area contributed by atoms with Crippen molar-refractivity contribution >= 4 is 11.9 Å². The molecule has 1 rings (SSSR count). The number of carbonyl (C=O) groups is 1. The third-order valence-corrected chi connectivity index (χ3v) is 3.35. The predicted molar refractivity (Wildman–Crippen MR) is 96.3 cm³/mol. The number of hydrogen-bond acceptors (Lipinski definition) is 4. The molecule has 0 amide bonds. The summed E-state index contributed by atoms with van der Waals surface area (Å²) in [5.74, 6) is 1.47. The highest BCUT2D eigenvalue weighted by Gasteiger charge is 2.03. The number of nitrogens with zero attached hydrogens (tertiary/aromatic N) is 1. The number of benzene rings is 1. The van der Waals surface area contributed by atoms with Crippen molar-refractivity contribution in [1.82, 2.24) is 10.6 Å². The predicted octanol–water partition coefficient (Wildman–Crippen LogP) is 2.48. The second-order valence-corrected chi connectivity index (χ2v) is 5.20. The van der Waals surface area contributed by atoms with Gasteiger partial charge in [-0.05, 0) is 32.8 Å². The first-order valence-electron chi connectivity index (χ1n) is 8.50. The van der Waals surface area contributed by atoms with Crippen LogP contribution in [0.5, 0.6) is 5.75 Å². The van der Waals surface area contributed by atoms with Crippen molar-refractivity contribution in [2.24, 2.45) is 4.99 Å². The first kappa shape index (κ1) is 19.8. The van der Waals surface area contributed by atoms with Gasteiger partial charge >= 0.3 is 5.97 Å². The zero-order valence-electron chi connectivity index (χ0n) is 14.9. The SMILES string of the molecule is CCNC(=NCc1ccccc1OCC)NCCCCC(=O)OC. The summed E-state index contributed by atoms with van der Waals surface area (Å²) in [5.41, 5.74) is 1.06. The maximum Gasteiger partial charge on any atom is 0.305 e. The molecule has 0 spiro atoms. The molecule has 6 nitrogen and oxygen atoms in total. The van der Waals surface area contributed by atoms with E-state index in [0.29, 0.717) is 19.6 Å². The molecule has 0 saturated carbocycles. The maximum absolute atomic E-state index is 11.1. The second-order valence-electron chi connectivity index (χ2n) is 5.20. The molecular formula is C18H29N3O3. The van der Waals surface area contributed by atoms with Crippen LogP contribution in [0.2, 0.25) is 0 Å². The molecule has 0 fully saturated rings. The smallest absolute Gasteiger partial charge is 0.305 e. The maximum atomic E-state index is 11.1. The fourth-order valence-corrected chi connectivity index (χ4v) is 2.14. The number of rotatable bonds is 10. The average Bonchev–Trinajstić information content (AvgIpc) is 2.60. The average molecular weight is 335 g/mol. The summed E-state index contributed by atoms with van der Waals surface area (Å²) in [5, 5.41) is 6.50. The molecule has 0 aliphatic rings. The Morgan fingerprint density at radius 2 is 1.96 bits per heavy atom. The molecule has 0 atom stereocenters. The van der Waals surface area contributed by atoms with E-state index in [0.717, 1.165) is 43.2 Å². The van der Waals surface area contributed by atoms with Gasteiger partial charge in [-0.2, -0.15) is 0 Å². The van der Waals surface area contributed by atoms with E-state index in [4.69, 9.17) is 4.74 Å². The van der Waals surface area contributed by atoms with E-state index in [1.54, 1.807) is 0 Å². The van der Waals surface area contributed by atoms with E-state index < -0.39 is 0 Å². The molecule has 0 unspecified atom stereocenters. The van der Waals surface area contributed by atoms with Crippen molar-refractivity contribution < 1.29 is 14.3 Å². The van der Waals surface area contributed by atoms with Gasteiger partial charge < -0.3 is 20.1 Å². The Kier molecular flexibility index (Phi) is 10.1. The molecule has 134 valence electrons. The van der Waals surface area contributed by atoms with Crippen molar-refractivity contribution in [2.75, 3.05) is 26.8 Å². The number of unbranched alkanes of at least 4 members (excludes halogenated alkanes) is 1. The summed E-state index contributed by atoms with van der Waals surface area (Å²) in [6.45, 7) is 6.74. The van der Waals surface area contributed by atoms with Gasteiger partial charge in [-0.3, -0.25) is 4.79 Å². The van der Waals surface area contributed by atoms with Crippen LogP contribution in [-0.2, 0) is 16.1 Å². The Bertz CT molecular complexity index is 518. The lowest BCUT2D eigenvalue weighted by molar-refractivity contribution is -0.140. The third kappa shape index (κ3) is 7.85. The Balaban J connectivity index is 2.49. The summed E-state index contributed by atoms with van der Waals surface area (Å²) >= 11 is 0. The Hall–Kier alpha value is -2.24. The number of methoxy groups -OCH3 is 1. The lowest BCUT2D eigenvalue weighted by atomic mass is 10.2. The van der Waals surface area contributed by atoms with E-state index >= 15 is 0 Å². The monoisotopic (exact) mass is 335 g/mol. The highest BCUT2D eigenvalue weighted by atomic mass is 16.5. The Morgan fingerprint density at radius 1 is 1.17 bits per heavy atom. The lowest BCUT2D eigenvalue weighted by Gasteiger charge is -2.12. The number of ether oxygens (including phenoxy) is 2. The zero-order valence-corrected chi connectivity index (χ0v) is 14.9. The summed E-state index contributed by atoms with van der Waals surface area (Å²) in [6.07, 6.45) is 2.13. The van der Waals surface area contributed by atoms with Crippen LogP contribution in [0.15, 0.2) is 29.3 Å². The van der Waals surface area contributed by atoms with E-state index in [1.807, 2.05) is 38.1 Å². The fraction of sp³-hybridized carbons (Fsp3) is 0.556. The molecule has 1 aromatic rings. The number of hydrogen-bond donors (Lipinski definition) is 2. The zero-order chi connectivity index (χ0) is 17.6. The van der Waals surface area contributed by atoms with Gasteiger partial charge in [0.05, 0.1) is 20.3 Å². The molecule has 0 saturated heterocycles. The number of esters is 1. The topological polar surface area (TPSA) is 72.0 Å². The van der Waals surface area contributed by atoms with E-state index in [-0.39, 0.29) is 5.97 Å². The molecule has 0 heterocycles. The van der Waals surface area contributed by atoms with Crippen molar-refractivity contribution in [1.29, 1.82) is 0 Å². The van der Waals surface area contributed by atoms with E-state index in [1.165, 1.54) is 7.11 Å². The van der Waals surface area contributed by atoms with Gasteiger partial charge in [-0.25, -0.2) is 4.99 Å². The minimum Gasteiger partial charge on any atom is -0.494 e. The number of nitrogens with one attached hydrogen (secondary N) is 2. The van der Waals surface area contributed by atoms with Crippen LogP contribution < -0.4 is 15.4 Å². The van der Waals surface area contributed by atoms with Gasteiger partial charge in [-0.1, -0.05) is 18.2 Å². The number of aliphatic imine (C=N–C) groups is 1. The summed E-state index contributed by atoms with van der Waals surface area (Å²) in [6, 6.07) is 7.93. The van der Waals surface area contributed by atoms with E-state index in [2.05, 4.69) is 20.4 Å². The first-order valence-corrected chi connectivity index (χ1v) is 8.50. The highest BCUT2D eigenvalue weighted by molar-refractivity contribution is 5.79. The first-order chi connectivity index (χ1) is 11.7. The van der Waals surface area contributed by atoms with Crippen LogP contribution in [0, 0.1) is 0 Å². The second kappa shape index (κ2) is 12.2. The highest BCUT2D eigenvalue weighted by Crippen LogP contribution is 2.18. The van der Waals surface area contributed by atoms with Crippen molar-refractivity contribution in [3.05, 3.63) is 29.8 Å². The Labute approximate surface area is 144 Å². The summed E-state index contributed by atoms with van der Waals surface area (Å²) in [7, 11) is 1.41. The number of carbonyl (C=O) groups excluding carboxylic acids is 1. The molecule has 6 heteroatoms. The minimum atomic E-state index is -0.164. The standard InChI is InChI=1S/C18H29N3O3/c1-4-19-18(20-13-9-8-12-17(22)23-3)21-14-15-10-6-7-11-16(15)24-5-2/h6-7,10-11H,4-5,8-9,12-14H2,1-3H3,(H2,19,20,21). The number of para-hydroxylation sites is 1. The largest absolute Gasteiger partial charge is 0.494 e. The fourth-order valence-electron chi connectivity index (χ4n) is 2.14. The van der Waals surface area contributed by atoms with Crippen LogP contribution in [0.25, 0.3) is 0 Å². The van der Waals surface area contributed by atoms with Gasteiger partial charge in [-0.15, -0.1) is 0 Å². The minimum absolute atomic E-state index is 0.164. The third-order valence-electron chi connectivity index (χ3n) is 3.35. The van der Waals surface area contributed by atoms with Crippen LogP contribution in [0.1, 0.15) is 38.7 Å². The number of guanidine groups is 1. The van der Waals surface area contributed by atoms with Crippen molar-refractivity contribution in [2.45, 2.75) is 39.7 Å². The van der Waals surface area contributed by atoms with E-state index in [9.17, 15) is 4.79 Å². The van der Waals surface area contributed by atoms with Gasteiger partial charge in [0.2, 0.25) is 0 Å². The Morgan fingerprint density at radius 3 is 2.67 bits per heavy atom. The quantitative estimate of drug-likeness (QED) is 0.297. The molecule has 24 heavy (non-hydrogen) atoms. The molecule has 2 N–H and O–H groups in total. The normalized spacial score (nSPS) is 11.0. The molecule has 1 aromatic carbocycles. The van der Waals surface area contributed by atoms with Crippen LogP contribution in [-0.4, -0.2) is 38.7 Å². The van der Waals surface area contributed by atoms with Crippen molar-refractivity contribution in [3.8, 4) is 5.75 Å². The summed E-state index contributed by atoms with van der Waals surface area (Å²) < 4.78 is 10.2. The van der Waals surface area contributed by atoms with Crippen LogP contribution >= 0.6 is 0 Å².